The van der Waals surface area contributed by atoms with E-state index in [-0.39, 0.29) is 110 Å². The van der Waals surface area contributed by atoms with Crippen molar-refractivity contribution in [3.63, 3.8) is 0 Å². The van der Waals surface area contributed by atoms with Gasteiger partial charge < -0.3 is 53.5 Å². The average molecular weight is 746 g/mol. The standard InChI is InChI=1S/C41H63NO11/c1-21-12-26-6-8-30-22(2)13-28(47-30)10-11-41-19-37(45-4)40(53-41)35-18-36(52-41)39-31(50-35)9-7-27(49-39)14-24(43)15-29-33(17-32(48-26)23(21)3)51-34(38(29)46-5)16-25(44)20-42/h21,25-40,44H,2-3,6-20,42H2,1,4-5H3/t21-,25+,26+,27-,28+,29+,30?,31+,32?,33+,34-,35-,36-,37-,38-,39+,40-,41-/m1/s1. The summed E-state index contributed by atoms with van der Waals surface area (Å²) in [5.41, 5.74) is 8.01. The molecule has 0 aromatic heterocycles. The number of hydrogen-bond acceptors (Lipinski definition) is 12. The van der Waals surface area contributed by atoms with Crippen LogP contribution in [0.15, 0.2) is 24.3 Å². The van der Waals surface area contributed by atoms with E-state index in [9.17, 15) is 9.90 Å². The van der Waals surface area contributed by atoms with Gasteiger partial charge in [0.15, 0.2) is 5.79 Å². The molecule has 0 amide bonds. The van der Waals surface area contributed by atoms with E-state index >= 15 is 0 Å². The van der Waals surface area contributed by atoms with Gasteiger partial charge in [-0.15, -0.1) is 0 Å². The van der Waals surface area contributed by atoms with Crippen LogP contribution < -0.4 is 5.73 Å². The fraction of sp³-hybridized carbons (Fsp3) is 0.878. The summed E-state index contributed by atoms with van der Waals surface area (Å²) in [7, 11) is 3.40. The molecule has 0 aromatic rings. The van der Waals surface area contributed by atoms with E-state index in [0.717, 1.165) is 56.1 Å². The van der Waals surface area contributed by atoms with Gasteiger partial charge in [-0.3, -0.25) is 4.79 Å². The van der Waals surface area contributed by atoms with Crippen LogP contribution in [0.4, 0.5) is 0 Å². The van der Waals surface area contributed by atoms with E-state index in [0.29, 0.717) is 38.5 Å². The summed E-state index contributed by atoms with van der Waals surface area (Å²) in [5.74, 6) is -0.653. The van der Waals surface area contributed by atoms with E-state index in [4.69, 9.17) is 48.4 Å². The number of fused-ring (bicyclic) bond motifs is 9. The normalized spacial score (nSPS) is 49.6. The highest BCUT2D eigenvalue weighted by atomic mass is 16.7. The zero-order chi connectivity index (χ0) is 37.0. The Hall–Kier alpha value is -1.29. The molecule has 8 rings (SSSR count). The third-order valence-electron chi connectivity index (χ3n) is 13.9. The first kappa shape index (κ1) is 38.6. The van der Waals surface area contributed by atoms with E-state index < -0.39 is 18.0 Å². The lowest BCUT2D eigenvalue weighted by atomic mass is 9.81. The number of aliphatic hydroxyl groups is 1. The maximum atomic E-state index is 14.1. The fourth-order valence-corrected chi connectivity index (χ4v) is 11.0. The minimum Gasteiger partial charge on any atom is -0.392 e. The molecule has 12 heteroatoms. The van der Waals surface area contributed by atoms with Crippen LogP contribution in [0.3, 0.4) is 0 Å². The molecule has 2 unspecified atom stereocenters. The molecular formula is C41H63NO11. The summed E-state index contributed by atoms with van der Waals surface area (Å²) in [6, 6.07) is 0. The number of carbonyl (C=O) groups excluding carboxylic acids is 1. The van der Waals surface area contributed by atoms with Crippen molar-refractivity contribution in [3.05, 3.63) is 24.3 Å². The molecule has 8 fully saturated rings. The predicted octanol–water partition coefficient (Wildman–Crippen LogP) is 4.08. The number of ether oxygens (including phenoxy) is 9. The zero-order valence-electron chi connectivity index (χ0n) is 31.9. The molecule has 18 atom stereocenters. The van der Waals surface area contributed by atoms with Gasteiger partial charge in [0.05, 0.1) is 79.4 Å². The van der Waals surface area contributed by atoms with Crippen LogP contribution in [0, 0.1) is 11.8 Å². The van der Waals surface area contributed by atoms with Crippen molar-refractivity contribution in [3.8, 4) is 0 Å². The number of hydrogen-bond donors (Lipinski definition) is 2. The highest BCUT2D eigenvalue weighted by Gasteiger charge is 2.60. The summed E-state index contributed by atoms with van der Waals surface area (Å²) in [6.45, 7) is 11.3. The van der Waals surface area contributed by atoms with E-state index in [1.54, 1.807) is 14.2 Å². The van der Waals surface area contributed by atoms with E-state index in [2.05, 4.69) is 20.1 Å². The number of rotatable bonds is 5. The molecule has 53 heavy (non-hydrogen) atoms. The van der Waals surface area contributed by atoms with Gasteiger partial charge in [-0.2, -0.15) is 0 Å². The molecule has 8 aliphatic rings. The molecular weight excluding hydrogens is 682 g/mol. The number of methoxy groups -OCH3 is 2. The van der Waals surface area contributed by atoms with Gasteiger partial charge in [-0.25, -0.2) is 0 Å². The minimum absolute atomic E-state index is 0.0245. The molecule has 0 radical (unpaired) electrons. The Morgan fingerprint density at radius 3 is 2.40 bits per heavy atom. The average Bonchev–Trinajstić information content (AvgIpc) is 3.77. The lowest BCUT2D eigenvalue weighted by Gasteiger charge is -2.47. The summed E-state index contributed by atoms with van der Waals surface area (Å²) in [6.07, 6.45) is 5.80. The second-order valence-corrected chi connectivity index (χ2v) is 17.4. The third kappa shape index (κ3) is 7.86. The Bertz CT molecular complexity index is 1350. The molecule has 10 bridgehead atoms. The zero-order valence-corrected chi connectivity index (χ0v) is 31.9. The maximum Gasteiger partial charge on any atom is 0.172 e. The van der Waals surface area contributed by atoms with Gasteiger partial charge in [0, 0.05) is 71.6 Å². The Balaban J connectivity index is 1.06. The summed E-state index contributed by atoms with van der Waals surface area (Å²) >= 11 is 0. The summed E-state index contributed by atoms with van der Waals surface area (Å²) in [5, 5.41) is 10.5. The molecule has 1 spiro atoms. The van der Waals surface area contributed by atoms with E-state index in [1.165, 1.54) is 0 Å². The molecule has 8 heterocycles. The summed E-state index contributed by atoms with van der Waals surface area (Å²) in [4.78, 5) is 14.1. The molecule has 0 saturated carbocycles. The van der Waals surface area contributed by atoms with Crippen LogP contribution in [-0.4, -0.2) is 129 Å². The SMILES string of the molecule is C=C1C[C@@H]2CC[C@]34C[C@@H](OC)[C@H](O3)[C@H]3C[C@@H](O4)[C@H]4O[C@H](CC[C@@H]4O3)CC(=O)C[C@@H]3[C@@H](OC)[C@@H](C[C@H](O)CN)O[C@H]3CC3O[C@@H](CCC1O2)C[C@@H](C)C3=C. The Morgan fingerprint density at radius 2 is 1.60 bits per heavy atom. The highest BCUT2D eigenvalue weighted by Crippen LogP contribution is 2.50. The second kappa shape index (κ2) is 15.9. The number of carbonyl (C=O) groups is 1. The van der Waals surface area contributed by atoms with Crippen molar-refractivity contribution in [1.29, 1.82) is 0 Å². The smallest absolute Gasteiger partial charge is 0.172 e. The van der Waals surface area contributed by atoms with Crippen molar-refractivity contribution in [1.82, 2.24) is 0 Å². The predicted molar refractivity (Wildman–Crippen MR) is 193 cm³/mol. The van der Waals surface area contributed by atoms with Crippen LogP contribution >= 0.6 is 0 Å². The number of ketones is 1. The van der Waals surface area contributed by atoms with E-state index in [1.807, 2.05) is 0 Å². The second-order valence-electron chi connectivity index (χ2n) is 17.4. The topological polar surface area (TPSA) is 146 Å². The van der Waals surface area contributed by atoms with Gasteiger partial charge in [-0.1, -0.05) is 20.1 Å². The maximum absolute atomic E-state index is 14.1. The Labute approximate surface area is 314 Å². The first-order valence-electron chi connectivity index (χ1n) is 20.5. The molecule has 298 valence electrons. The van der Waals surface area contributed by atoms with Gasteiger partial charge in [0.1, 0.15) is 18.0 Å². The highest BCUT2D eigenvalue weighted by molar-refractivity contribution is 5.79. The number of Topliss-reactive ketones (excluding diaryl/α,β-unsaturated/α-hetero) is 1. The van der Waals surface area contributed by atoms with Crippen LogP contribution in [0.2, 0.25) is 0 Å². The lowest BCUT2D eigenvalue weighted by molar-refractivity contribution is -0.277. The first-order chi connectivity index (χ1) is 25.5. The van der Waals surface area contributed by atoms with Crippen molar-refractivity contribution in [2.24, 2.45) is 17.6 Å². The summed E-state index contributed by atoms with van der Waals surface area (Å²) < 4.78 is 59.5. The molecule has 0 aliphatic carbocycles. The van der Waals surface area contributed by atoms with Gasteiger partial charge >= 0.3 is 0 Å². The Morgan fingerprint density at radius 1 is 0.811 bits per heavy atom. The van der Waals surface area contributed by atoms with Crippen LogP contribution in [-0.2, 0) is 47.4 Å². The number of nitrogens with two attached hydrogens (primary N) is 1. The van der Waals surface area contributed by atoms with Crippen LogP contribution in [0.5, 0.6) is 0 Å². The number of aliphatic hydroxyl groups excluding tert-OH is 1. The van der Waals surface area contributed by atoms with Gasteiger partial charge in [0.2, 0.25) is 0 Å². The molecule has 12 nitrogen and oxygen atoms in total. The van der Waals surface area contributed by atoms with Crippen LogP contribution in [0.25, 0.3) is 0 Å². The molecule has 3 N–H and O–H groups in total. The fourth-order valence-electron chi connectivity index (χ4n) is 11.0. The van der Waals surface area contributed by atoms with Crippen molar-refractivity contribution in [2.45, 2.75) is 194 Å². The van der Waals surface area contributed by atoms with Gasteiger partial charge in [-0.05, 0) is 62.0 Å². The first-order valence-corrected chi connectivity index (χ1v) is 20.5. The van der Waals surface area contributed by atoms with Crippen molar-refractivity contribution >= 4 is 5.78 Å². The van der Waals surface area contributed by atoms with Gasteiger partial charge in [0.25, 0.3) is 0 Å². The third-order valence-corrected chi connectivity index (χ3v) is 13.9. The monoisotopic (exact) mass is 745 g/mol. The van der Waals surface area contributed by atoms with Crippen molar-refractivity contribution in [2.75, 3.05) is 20.8 Å². The Kier molecular flexibility index (Phi) is 11.6. The van der Waals surface area contributed by atoms with Crippen LogP contribution in [0.1, 0.15) is 96.8 Å². The molecule has 8 saturated heterocycles. The quantitative estimate of drug-likeness (QED) is 0.391. The minimum atomic E-state index is -0.820. The molecule has 0 aromatic carbocycles. The largest absolute Gasteiger partial charge is 0.392 e. The lowest BCUT2D eigenvalue weighted by Crippen LogP contribution is -2.58. The molecule has 8 aliphatic heterocycles. The van der Waals surface area contributed by atoms with Crippen molar-refractivity contribution < 1.29 is 52.5 Å².